The number of aromatic carboxylic acids is 1. The minimum atomic E-state index is -1.13. The Morgan fingerprint density at radius 1 is 1.18 bits per heavy atom. The third kappa shape index (κ3) is 4.84. The number of aromatic hydroxyl groups is 1. The highest BCUT2D eigenvalue weighted by Crippen LogP contribution is 2.44. The van der Waals surface area contributed by atoms with E-state index in [4.69, 9.17) is 17.0 Å². The maximum Gasteiger partial charge on any atom is 0.336 e. The summed E-state index contributed by atoms with van der Waals surface area (Å²) < 4.78 is 5.97. The number of nitrogens with one attached hydrogen (secondary N) is 2. The van der Waals surface area contributed by atoms with Crippen LogP contribution in [0.15, 0.2) is 54.1 Å². The van der Waals surface area contributed by atoms with Crippen LogP contribution in [-0.2, 0) is 9.59 Å². The summed E-state index contributed by atoms with van der Waals surface area (Å²) in [4.78, 5) is 34.7. The minimum Gasteiger partial charge on any atom is -0.508 e. The highest BCUT2D eigenvalue weighted by Gasteiger charge is 2.33. The lowest BCUT2D eigenvalue weighted by molar-refractivity contribution is -0.116. The molecule has 4 rings (SSSR count). The van der Waals surface area contributed by atoms with Crippen LogP contribution in [0.3, 0.4) is 0 Å². The van der Waals surface area contributed by atoms with E-state index in [2.05, 4.69) is 10.6 Å². The Hall–Kier alpha value is -3.98. The zero-order chi connectivity index (χ0) is 24.2. The van der Waals surface area contributed by atoms with Crippen LogP contribution in [0.4, 0.5) is 5.69 Å². The van der Waals surface area contributed by atoms with Crippen molar-refractivity contribution in [2.45, 2.75) is 25.4 Å². The predicted octanol–water partition coefficient (Wildman–Crippen LogP) is 3.45. The Morgan fingerprint density at radius 2 is 1.97 bits per heavy atom. The first-order valence-corrected chi connectivity index (χ1v) is 11.1. The summed E-state index contributed by atoms with van der Waals surface area (Å²) in [5.74, 6) is -0.836. The molecule has 174 valence electrons. The molecule has 0 amide bonds. The Bertz CT molecular complexity index is 1250. The molecule has 1 heterocycles. The zero-order valence-electron chi connectivity index (χ0n) is 18.0. The van der Waals surface area contributed by atoms with Crippen molar-refractivity contribution in [2.75, 3.05) is 11.9 Å². The molecule has 4 N–H and O–H groups in total. The Kier molecular flexibility index (Phi) is 6.74. The van der Waals surface area contributed by atoms with Gasteiger partial charge in [-0.25, -0.2) is 4.79 Å². The smallest absolute Gasteiger partial charge is 0.336 e. The summed E-state index contributed by atoms with van der Waals surface area (Å²) in [7, 11) is 0. The Labute approximate surface area is 200 Å². The number of thiocarbonyl (C=S) groups is 1. The summed E-state index contributed by atoms with van der Waals surface area (Å²) in [5, 5.41) is 26.2. The first-order valence-electron chi connectivity index (χ1n) is 10.7. The first kappa shape index (κ1) is 23.2. The fourth-order valence-electron chi connectivity index (χ4n) is 4.00. The molecule has 0 fully saturated rings. The topological polar surface area (TPSA) is 125 Å². The van der Waals surface area contributed by atoms with Crippen LogP contribution < -0.4 is 15.4 Å². The van der Waals surface area contributed by atoms with Crippen molar-refractivity contribution in [3.63, 3.8) is 0 Å². The summed E-state index contributed by atoms with van der Waals surface area (Å²) in [6.07, 6.45) is 4.57. The van der Waals surface area contributed by atoms with Gasteiger partial charge < -0.3 is 30.4 Å². The summed E-state index contributed by atoms with van der Waals surface area (Å²) in [6, 6.07) is 9.53. The van der Waals surface area contributed by atoms with Gasteiger partial charge in [-0.3, -0.25) is 4.79 Å². The Morgan fingerprint density at radius 3 is 2.74 bits per heavy atom. The van der Waals surface area contributed by atoms with Gasteiger partial charge in [0.15, 0.2) is 10.9 Å². The SMILES string of the molecule is O=CCCCNC(=S)Nc1ccc(C2=C3C=CC(=O)CC3Oc3cc(O)ccc32)c(C(=O)O)c1. The number of phenols is 1. The number of ketones is 1. The molecule has 2 aromatic rings. The van der Waals surface area contributed by atoms with Gasteiger partial charge in [-0.15, -0.1) is 0 Å². The van der Waals surface area contributed by atoms with E-state index in [9.17, 15) is 24.6 Å². The van der Waals surface area contributed by atoms with Crippen LogP contribution in [-0.4, -0.2) is 46.0 Å². The van der Waals surface area contributed by atoms with E-state index in [1.807, 2.05) is 0 Å². The van der Waals surface area contributed by atoms with Gasteiger partial charge in [-0.1, -0.05) is 12.1 Å². The second-order valence-electron chi connectivity index (χ2n) is 7.88. The number of ether oxygens (including phenoxy) is 1. The highest BCUT2D eigenvalue weighted by atomic mass is 32.1. The van der Waals surface area contributed by atoms with Crippen LogP contribution in [0.25, 0.3) is 5.57 Å². The predicted molar refractivity (Wildman–Crippen MR) is 130 cm³/mol. The average Bonchev–Trinajstić information content (AvgIpc) is 2.80. The van der Waals surface area contributed by atoms with Gasteiger partial charge in [0.1, 0.15) is 23.9 Å². The molecule has 0 spiro atoms. The summed E-state index contributed by atoms with van der Waals surface area (Å²) in [5.41, 5.74) is 2.95. The molecule has 0 aromatic heterocycles. The quantitative estimate of drug-likeness (QED) is 0.269. The van der Waals surface area contributed by atoms with E-state index in [1.54, 1.807) is 24.3 Å². The van der Waals surface area contributed by atoms with E-state index in [0.29, 0.717) is 58.2 Å². The average molecular weight is 479 g/mol. The second-order valence-corrected chi connectivity index (χ2v) is 8.28. The third-order valence-electron chi connectivity index (χ3n) is 5.54. The Balaban J connectivity index is 1.74. The van der Waals surface area contributed by atoms with Gasteiger partial charge in [0.25, 0.3) is 0 Å². The number of fused-ring (bicyclic) bond motifs is 2. The fraction of sp³-hybridized carbons (Fsp3) is 0.200. The van der Waals surface area contributed by atoms with Gasteiger partial charge in [0, 0.05) is 41.4 Å². The minimum absolute atomic E-state index is 0.00592. The molecule has 0 radical (unpaired) electrons. The number of unbranched alkanes of at least 4 members (excludes halogenated alkanes) is 1. The van der Waals surface area contributed by atoms with Gasteiger partial charge in [0.05, 0.1) is 12.0 Å². The molecule has 0 bridgehead atoms. The highest BCUT2D eigenvalue weighted by molar-refractivity contribution is 7.80. The third-order valence-corrected chi connectivity index (χ3v) is 5.78. The second kappa shape index (κ2) is 9.88. The van der Waals surface area contributed by atoms with Gasteiger partial charge >= 0.3 is 5.97 Å². The molecule has 9 heteroatoms. The summed E-state index contributed by atoms with van der Waals surface area (Å²) in [6.45, 7) is 0.515. The largest absolute Gasteiger partial charge is 0.508 e. The number of carboxylic acid groups (broad SMARTS) is 1. The number of allylic oxidation sites excluding steroid dienone is 1. The molecule has 2 aromatic carbocycles. The first-order chi connectivity index (χ1) is 16.4. The van der Waals surface area contributed by atoms with E-state index in [1.165, 1.54) is 24.3 Å². The molecule has 0 saturated heterocycles. The molecule has 1 aliphatic heterocycles. The monoisotopic (exact) mass is 478 g/mol. The number of hydrogen-bond donors (Lipinski definition) is 4. The van der Waals surface area contributed by atoms with Gasteiger partial charge in [-0.05, 0) is 54.5 Å². The number of carbonyl (C=O) groups is 3. The molecule has 1 unspecified atom stereocenters. The van der Waals surface area contributed by atoms with Crippen LogP contribution in [0.2, 0.25) is 0 Å². The maximum atomic E-state index is 12.2. The molecule has 1 aliphatic carbocycles. The van der Waals surface area contributed by atoms with Crippen molar-refractivity contribution in [3.8, 4) is 11.5 Å². The van der Waals surface area contributed by atoms with Crippen molar-refractivity contribution in [3.05, 3.63) is 70.8 Å². The number of carbonyl (C=O) groups excluding carboxylic acids is 2. The number of carboxylic acids is 1. The normalized spacial score (nSPS) is 16.2. The lowest BCUT2D eigenvalue weighted by Crippen LogP contribution is -2.30. The fourth-order valence-corrected chi connectivity index (χ4v) is 4.22. The van der Waals surface area contributed by atoms with Crippen molar-refractivity contribution in [1.29, 1.82) is 0 Å². The van der Waals surface area contributed by atoms with Crippen LogP contribution >= 0.6 is 12.2 Å². The van der Waals surface area contributed by atoms with Crippen LogP contribution in [0, 0.1) is 0 Å². The van der Waals surface area contributed by atoms with Gasteiger partial charge in [0.2, 0.25) is 0 Å². The van der Waals surface area contributed by atoms with Crippen molar-refractivity contribution in [1.82, 2.24) is 5.32 Å². The standard InChI is InChI=1S/C25H22N2O6S/c28-10-2-1-9-26-25(34)27-14-3-6-17(20(11-14)24(31)32)23-18-7-4-15(29)12-21(18)33-22-13-16(30)5-8-19(22)23/h3-8,10-12,22,29H,1-2,9,13H2,(H,31,32)(H2,26,27,34). The van der Waals surface area contributed by atoms with Crippen LogP contribution in [0.1, 0.15) is 40.7 Å². The van der Waals surface area contributed by atoms with E-state index in [-0.39, 0.29) is 23.5 Å². The molecule has 0 saturated carbocycles. The lowest BCUT2D eigenvalue weighted by Gasteiger charge is -2.32. The molecular weight excluding hydrogens is 456 g/mol. The molecule has 1 atom stereocenters. The number of aldehydes is 1. The van der Waals surface area contributed by atoms with Crippen LogP contribution in [0.5, 0.6) is 11.5 Å². The van der Waals surface area contributed by atoms with Crippen molar-refractivity contribution in [2.24, 2.45) is 0 Å². The number of hydrogen-bond acceptors (Lipinski definition) is 6. The van der Waals surface area contributed by atoms with E-state index in [0.717, 1.165) is 6.29 Å². The van der Waals surface area contributed by atoms with Crippen molar-refractivity contribution < 1.29 is 29.3 Å². The maximum absolute atomic E-state index is 12.2. The van der Waals surface area contributed by atoms with E-state index >= 15 is 0 Å². The molecule has 8 nitrogen and oxygen atoms in total. The number of anilines is 1. The zero-order valence-corrected chi connectivity index (χ0v) is 18.9. The van der Waals surface area contributed by atoms with E-state index < -0.39 is 12.1 Å². The molecule has 34 heavy (non-hydrogen) atoms. The number of benzene rings is 2. The molecule has 2 aliphatic rings. The lowest BCUT2D eigenvalue weighted by atomic mass is 9.82. The molecular formula is C25H22N2O6S. The van der Waals surface area contributed by atoms with Crippen molar-refractivity contribution >= 4 is 46.6 Å². The number of phenolic OH excluding ortho intramolecular Hbond substituents is 1. The van der Waals surface area contributed by atoms with Gasteiger partial charge in [-0.2, -0.15) is 0 Å². The number of rotatable bonds is 7. The summed E-state index contributed by atoms with van der Waals surface area (Å²) >= 11 is 5.26.